The van der Waals surface area contributed by atoms with Crippen molar-refractivity contribution in [1.82, 2.24) is 9.80 Å². The summed E-state index contributed by atoms with van der Waals surface area (Å²) >= 11 is 0. The lowest BCUT2D eigenvalue weighted by Crippen LogP contribution is -2.36. The van der Waals surface area contributed by atoms with Gasteiger partial charge in [-0.15, -0.1) is 0 Å². The minimum absolute atomic E-state index is 0.131. The second kappa shape index (κ2) is 7.05. The summed E-state index contributed by atoms with van der Waals surface area (Å²) < 4.78 is 6.02. The molecule has 1 saturated heterocycles. The molecular weight excluding hydrogens is 292 g/mol. The molecule has 1 aromatic rings. The van der Waals surface area contributed by atoms with Crippen molar-refractivity contribution in [1.29, 1.82) is 0 Å². The van der Waals surface area contributed by atoms with Crippen molar-refractivity contribution in [3.05, 3.63) is 23.7 Å². The van der Waals surface area contributed by atoms with Crippen LogP contribution in [0.1, 0.15) is 50.0 Å². The molecule has 5 nitrogen and oxygen atoms in total. The van der Waals surface area contributed by atoms with E-state index in [1.165, 1.54) is 6.42 Å². The second-order valence-electron chi connectivity index (χ2n) is 7.29. The molecule has 3 rings (SSSR count). The van der Waals surface area contributed by atoms with E-state index < -0.39 is 5.97 Å². The average Bonchev–Trinajstić information content (AvgIpc) is 3.11. The van der Waals surface area contributed by atoms with Gasteiger partial charge in [-0.2, -0.15) is 0 Å². The van der Waals surface area contributed by atoms with Crippen LogP contribution in [0.2, 0.25) is 0 Å². The summed E-state index contributed by atoms with van der Waals surface area (Å²) in [6.07, 6.45) is 4.47. The Morgan fingerprint density at radius 1 is 1.39 bits per heavy atom. The van der Waals surface area contributed by atoms with Gasteiger partial charge in [0, 0.05) is 18.5 Å². The van der Waals surface area contributed by atoms with E-state index in [0.717, 1.165) is 56.3 Å². The normalized spacial score (nSPS) is 28.7. The Morgan fingerprint density at radius 3 is 2.87 bits per heavy atom. The summed E-state index contributed by atoms with van der Waals surface area (Å²) in [5.41, 5.74) is 0. The highest BCUT2D eigenvalue weighted by atomic mass is 16.4. The highest BCUT2D eigenvalue weighted by Gasteiger charge is 2.36. The molecule has 3 unspecified atom stereocenters. The number of likely N-dealkylation sites (N-methyl/N-ethyl adjacent to an activating group) is 1. The predicted octanol–water partition coefficient (Wildman–Crippen LogP) is 2.77. The molecule has 0 aromatic carbocycles. The molecule has 23 heavy (non-hydrogen) atoms. The zero-order valence-corrected chi connectivity index (χ0v) is 14.2. The van der Waals surface area contributed by atoms with Crippen LogP contribution in [-0.4, -0.2) is 53.6 Å². The molecule has 2 aliphatic rings. The molecule has 2 heterocycles. The maximum absolute atomic E-state index is 10.9. The van der Waals surface area contributed by atoms with Crippen LogP contribution in [0.25, 0.3) is 0 Å². The Labute approximate surface area is 138 Å². The maximum atomic E-state index is 10.9. The number of furan rings is 1. The van der Waals surface area contributed by atoms with Crippen LogP contribution in [-0.2, 0) is 11.3 Å². The van der Waals surface area contributed by atoms with E-state index >= 15 is 0 Å². The predicted molar refractivity (Wildman–Crippen MR) is 88.4 cm³/mol. The largest absolute Gasteiger partial charge is 0.480 e. The quantitative estimate of drug-likeness (QED) is 0.873. The molecule has 3 atom stereocenters. The standard InChI is InChI=1S/C18H28N2O3/c1-13-10-16(13)17-6-5-15(23-17)11-20-8-3-4-14(7-9-20)19(2)12-18(21)22/h5-6,13-14,16H,3-4,7-12H2,1-2H3,(H,21,22). The van der Waals surface area contributed by atoms with Gasteiger partial charge in [0.05, 0.1) is 13.1 Å². The molecule has 0 radical (unpaired) electrons. The fourth-order valence-electron chi connectivity index (χ4n) is 3.70. The van der Waals surface area contributed by atoms with E-state index in [9.17, 15) is 4.79 Å². The lowest BCUT2D eigenvalue weighted by molar-refractivity contribution is -0.138. The number of nitrogens with zero attached hydrogens (tertiary/aromatic N) is 2. The van der Waals surface area contributed by atoms with Crippen molar-refractivity contribution in [2.75, 3.05) is 26.7 Å². The van der Waals surface area contributed by atoms with Gasteiger partial charge in [0.15, 0.2) is 0 Å². The van der Waals surface area contributed by atoms with E-state index in [1.54, 1.807) is 0 Å². The molecule has 0 spiro atoms. The van der Waals surface area contributed by atoms with E-state index in [4.69, 9.17) is 9.52 Å². The van der Waals surface area contributed by atoms with Gasteiger partial charge in [-0.3, -0.25) is 14.6 Å². The number of likely N-dealkylation sites (tertiary alicyclic amines) is 1. The molecule has 2 fully saturated rings. The van der Waals surface area contributed by atoms with E-state index in [1.807, 2.05) is 11.9 Å². The molecular formula is C18H28N2O3. The zero-order chi connectivity index (χ0) is 16.4. The summed E-state index contributed by atoms with van der Waals surface area (Å²) in [5.74, 6) is 2.89. The molecule has 1 N–H and O–H groups in total. The highest BCUT2D eigenvalue weighted by Crippen LogP contribution is 2.47. The first-order valence-electron chi connectivity index (χ1n) is 8.76. The third kappa shape index (κ3) is 4.36. The van der Waals surface area contributed by atoms with Crippen molar-refractivity contribution in [3.8, 4) is 0 Å². The van der Waals surface area contributed by atoms with Crippen molar-refractivity contribution in [3.63, 3.8) is 0 Å². The molecule has 1 aliphatic carbocycles. The van der Waals surface area contributed by atoms with Crippen LogP contribution < -0.4 is 0 Å². The van der Waals surface area contributed by atoms with E-state index in [0.29, 0.717) is 12.0 Å². The summed E-state index contributed by atoms with van der Waals surface area (Å²) in [6.45, 7) is 5.34. The van der Waals surface area contributed by atoms with Crippen LogP contribution in [0.3, 0.4) is 0 Å². The van der Waals surface area contributed by atoms with Crippen molar-refractivity contribution in [2.45, 2.75) is 51.1 Å². The molecule has 128 valence electrons. The van der Waals surface area contributed by atoms with Crippen LogP contribution in [0, 0.1) is 5.92 Å². The molecule has 5 heteroatoms. The van der Waals surface area contributed by atoms with Crippen molar-refractivity contribution >= 4 is 5.97 Å². The van der Waals surface area contributed by atoms with Crippen LogP contribution in [0.15, 0.2) is 16.5 Å². The number of rotatable bonds is 6. The van der Waals surface area contributed by atoms with Gasteiger partial charge in [0.1, 0.15) is 11.5 Å². The second-order valence-corrected chi connectivity index (χ2v) is 7.29. The Kier molecular flexibility index (Phi) is 5.07. The monoisotopic (exact) mass is 320 g/mol. The number of hydrogen-bond acceptors (Lipinski definition) is 4. The van der Waals surface area contributed by atoms with Gasteiger partial charge >= 0.3 is 5.97 Å². The molecule has 1 aromatic heterocycles. The average molecular weight is 320 g/mol. The van der Waals surface area contributed by atoms with Gasteiger partial charge in [-0.25, -0.2) is 0 Å². The molecule has 0 amide bonds. The fraction of sp³-hybridized carbons (Fsp3) is 0.722. The van der Waals surface area contributed by atoms with E-state index in [-0.39, 0.29) is 6.54 Å². The Morgan fingerprint density at radius 2 is 2.17 bits per heavy atom. The fourth-order valence-corrected chi connectivity index (χ4v) is 3.70. The summed E-state index contributed by atoms with van der Waals surface area (Å²) in [7, 11) is 1.92. The van der Waals surface area contributed by atoms with Gasteiger partial charge in [0.2, 0.25) is 0 Å². The van der Waals surface area contributed by atoms with Crippen molar-refractivity contribution < 1.29 is 14.3 Å². The summed E-state index contributed by atoms with van der Waals surface area (Å²) in [4.78, 5) is 15.3. The summed E-state index contributed by atoms with van der Waals surface area (Å²) in [6, 6.07) is 4.64. The third-order valence-electron chi connectivity index (χ3n) is 5.34. The summed E-state index contributed by atoms with van der Waals surface area (Å²) in [5, 5.41) is 8.94. The highest BCUT2D eigenvalue weighted by molar-refractivity contribution is 5.69. The Balaban J connectivity index is 1.50. The zero-order valence-electron chi connectivity index (χ0n) is 14.2. The molecule has 1 saturated carbocycles. The van der Waals surface area contributed by atoms with Crippen molar-refractivity contribution in [2.24, 2.45) is 5.92 Å². The van der Waals surface area contributed by atoms with Crippen LogP contribution in [0.5, 0.6) is 0 Å². The number of carboxylic acid groups (broad SMARTS) is 1. The van der Waals surface area contributed by atoms with Crippen LogP contribution in [0.4, 0.5) is 0 Å². The number of carboxylic acids is 1. The van der Waals surface area contributed by atoms with Gasteiger partial charge in [0.25, 0.3) is 0 Å². The Hall–Kier alpha value is -1.33. The SMILES string of the molecule is CC1CC1c1ccc(CN2CCCC(N(C)CC(=O)O)CC2)o1. The minimum Gasteiger partial charge on any atom is -0.480 e. The lowest BCUT2D eigenvalue weighted by atomic mass is 10.1. The van der Waals surface area contributed by atoms with Gasteiger partial charge < -0.3 is 9.52 Å². The third-order valence-corrected chi connectivity index (χ3v) is 5.34. The molecule has 1 aliphatic heterocycles. The first kappa shape index (κ1) is 16.5. The maximum Gasteiger partial charge on any atom is 0.317 e. The number of hydrogen-bond donors (Lipinski definition) is 1. The topological polar surface area (TPSA) is 56.9 Å². The molecule has 0 bridgehead atoms. The smallest absolute Gasteiger partial charge is 0.317 e. The van der Waals surface area contributed by atoms with Gasteiger partial charge in [-0.1, -0.05) is 6.92 Å². The first-order valence-corrected chi connectivity index (χ1v) is 8.76. The van der Waals surface area contributed by atoms with E-state index in [2.05, 4.69) is 24.0 Å². The first-order chi connectivity index (χ1) is 11.0. The lowest BCUT2D eigenvalue weighted by Gasteiger charge is -2.25. The van der Waals surface area contributed by atoms with Crippen LogP contribution >= 0.6 is 0 Å². The Bertz CT molecular complexity index is 542. The number of aliphatic carboxylic acids is 1. The minimum atomic E-state index is -0.744. The van der Waals surface area contributed by atoms with Gasteiger partial charge in [-0.05, 0) is 57.3 Å². The number of carbonyl (C=O) groups is 1.